The molecule has 2 N–H and O–H groups in total. The molecule has 0 amide bonds. The van der Waals surface area contributed by atoms with Crippen molar-refractivity contribution in [1.29, 1.82) is 0 Å². The summed E-state index contributed by atoms with van der Waals surface area (Å²) in [6.07, 6.45) is 1.55. The van der Waals surface area contributed by atoms with E-state index in [1.165, 1.54) is 0 Å². The van der Waals surface area contributed by atoms with Gasteiger partial charge in [0.2, 0.25) is 0 Å². The maximum absolute atomic E-state index is 10.1. The summed E-state index contributed by atoms with van der Waals surface area (Å²) in [6.45, 7) is -0.275. The van der Waals surface area contributed by atoms with Crippen LogP contribution in [0, 0.1) is 0 Å². The maximum atomic E-state index is 10.1. The summed E-state index contributed by atoms with van der Waals surface area (Å²) in [4.78, 5) is 9.82. The first-order valence-electron chi connectivity index (χ1n) is 2.88. The van der Waals surface area contributed by atoms with Crippen LogP contribution in [-0.4, -0.2) is 36.4 Å². The van der Waals surface area contributed by atoms with Crippen molar-refractivity contribution in [2.45, 2.75) is 0 Å². The first-order valence-corrected chi connectivity index (χ1v) is 4.49. The van der Waals surface area contributed by atoms with E-state index in [9.17, 15) is 13.2 Å². The maximum Gasteiger partial charge on any atom is 0.331 e. The van der Waals surface area contributed by atoms with E-state index in [4.69, 9.17) is 9.66 Å². The first kappa shape index (κ1) is 10.9. The summed E-state index contributed by atoms with van der Waals surface area (Å²) in [7, 11) is -4.03. The Hall–Kier alpha value is -1.08. The minimum Gasteiger partial charge on any atom is -0.500 e. The number of carboxylic acid groups (broad SMARTS) is 1. The van der Waals surface area contributed by atoms with Crippen LogP contribution in [0.2, 0.25) is 0 Å². The highest BCUT2D eigenvalue weighted by atomic mass is 32.2. The SMILES string of the molecule is O=C(O)C=COCCS(=O)(=O)O. The highest BCUT2D eigenvalue weighted by Gasteiger charge is 2.02. The summed E-state index contributed by atoms with van der Waals surface area (Å²) >= 11 is 0. The quantitative estimate of drug-likeness (QED) is 0.266. The molecule has 0 radical (unpaired) electrons. The molecule has 0 aromatic heterocycles. The summed E-state index contributed by atoms with van der Waals surface area (Å²) in [5.74, 6) is -1.75. The van der Waals surface area contributed by atoms with E-state index in [1.807, 2.05) is 0 Å². The van der Waals surface area contributed by atoms with E-state index in [-0.39, 0.29) is 6.61 Å². The Morgan fingerprint density at radius 2 is 2.08 bits per heavy atom. The molecule has 0 fully saturated rings. The van der Waals surface area contributed by atoms with Gasteiger partial charge < -0.3 is 9.84 Å². The lowest BCUT2D eigenvalue weighted by Crippen LogP contribution is -2.08. The third kappa shape index (κ3) is 8.92. The van der Waals surface area contributed by atoms with Crippen LogP contribution in [0.4, 0.5) is 0 Å². The Morgan fingerprint density at radius 3 is 2.50 bits per heavy atom. The second kappa shape index (κ2) is 4.73. The number of ether oxygens (including phenoxy) is 1. The molecule has 7 heteroatoms. The molecule has 0 aliphatic carbocycles. The molecule has 12 heavy (non-hydrogen) atoms. The van der Waals surface area contributed by atoms with E-state index < -0.39 is 21.8 Å². The third-order valence-electron chi connectivity index (χ3n) is 0.766. The third-order valence-corrected chi connectivity index (χ3v) is 1.45. The molecular formula is C5H8O6S. The Labute approximate surface area is 69.2 Å². The van der Waals surface area contributed by atoms with Crippen molar-refractivity contribution in [1.82, 2.24) is 0 Å². The predicted octanol–water partition coefficient (Wildman–Crippen LogP) is -0.511. The molecule has 0 unspecified atom stereocenters. The zero-order chi connectivity index (χ0) is 9.61. The Balaban J connectivity index is 3.53. The summed E-state index contributed by atoms with van der Waals surface area (Å²) in [5, 5.41) is 8.04. The van der Waals surface area contributed by atoms with Crippen molar-refractivity contribution in [3.05, 3.63) is 12.3 Å². The van der Waals surface area contributed by atoms with Crippen LogP contribution >= 0.6 is 0 Å². The normalized spacial score (nSPS) is 11.8. The topological polar surface area (TPSA) is 101 Å². The fraction of sp³-hybridized carbons (Fsp3) is 0.400. The van der Waals surface area contributed by atoms with E-state index in [0.717, 1.165) is 6.26 Å². The Bertz CT molecular complexity index is 264. The molecule has 0 saturated carbocycles. The fourth-order valence-electron chi connectivity index (χ4n) is 0.328. The smallest absolute Gasteiger partial charge is 0.331 e. The van der Waals surface area contributed by atoms with Gasteiger partial charge in [0.05, 0.1) is 12.3 Å². The number of hydrogen-bond donors (Lipinski definition) is 2. The number of aliphatic carboxylic acids is 1. The van der Waals surface area contributed by atoms with Crippen LogP contribution in [0.1, 0.15) is 0 Å². The molecule has 0 rings (SSSR count). The predicted molar refractivity (Wildman–Crippen MR) is 39.1 cm³/mol. The van der Waals surface area contributed by atoms with Gasteiger partial charge in [-0.25, -0.2) is 4.79 Å². The Morgan fingerprint density at radius 1 is 1.50 bits per heavy atom. The highest BCUT2D eigenvalue weighted by Crippen LogP contribution is 1.84. The standard InChI is InChI=1S/C5H8O6S/c6-5(7)1-2-11-3-4-12(8,9)10/h1-2H,3-4H2,(H,6,7)(H,8,9,10). The van der Waals surface area contributed by atoms with E-state index in [0.29, 0.717) is 6.08 Å². The van der Waals surface area contributed by atoms with Gasteiger partial charge >= 0.3 is 5.97 Å². The van der Waals surface area contributed by atoms with Gasteiger partial charge in [-0.15, -0.1) is 0 Å². The largest absolute Gasteiger partial charge is 0.500 e. The average molecular weight is 196 g/mol. The van der Waals surface area contributed by atoms with Crippen LogP contribution in [0.5, 0.6) is 0 Å². The monoisotopic (exact) mass is 196 g/mol. The molecule has 0 aliphatic heterocycles. The average Bonchev–Trinajstić information content (AvgIpc) is 1.83. The first-order chi connectivity index (χ1) is 5.42. The van der Waals surface area contributed by atoms with Crippen LogP contribution < -0.4 is 0 Å². The highest BCUT2D eigenvalue weighted by molar-refractivity contribution is 7.85. The van der Waals surface area contributed by atoms with Gasteiger partial charge in [0.1, 0.15) is 12.4 Å². The molecule has 0 aromatic carbocycles. The lowest BCUT2D eigenvalue weighted by Gasteiger charge is -1.96. The van der Waals surface area contributed by atoms with Gasteiger partial charge in [-0.05, 0) is 0 Å². The lowest BCUT2D eigenvalue weighted by atomic mass is 10.6. The molecule has 0 bridgehead atoms. The van der Waals surface area contributed by atoms with Crippen LogP contribution in [0.3, 0.4) is 0 Å². The van der Waals surface area contributed by atoms with Crippen LogP contribution in [0.15, 0.2) is 12.3 Å². The van der Waals surface area contributed by atoms with Gasteiger partial charge in [-0.3, -0.25) is 4.55 Å². The zero-order valence-electron chi connectivity index (χ0n) is 6.00. The van der Waals surface area contributed by atoms with Crippen molar-refractivity contribution in [3.63, 3.8) is 0 Å². The second-order valence-electron chi connectivity index (χ2n) is 1.80. The van der Waals surface area contributed by atoms with Crippen LogP contribution in [-0.2, 0) is 19.6 Å². The number of hydrogen-bond acceptors (Lipinski definition) is 4. The number of rotatable bonds is 5. The van der Waals surface area contributed by atoms with E-state index >= 15 is 0 Å². The van der Waals surface area contributed by atoms with Gasteiger partial charge in [0.25, 0.3) is 10.1 Å². The zero-order valence-corrected chi connectivity index (χ0v) is 6.82. The lowest BCUT2D eigenvalue weighted by molar-refractivity contribution is -0.131. The fourth-order valence-corrected chi connectivity index (χ4v) is 0.635. The molecule has 0 atom stereocenters. The van der Waals surface area contributed by atoms with Crippen molar-refractivity contribution >= 4 is 16.1 Å². The summed E-state index contributed by atoms with van der Waals surface area (Å²) < 4.78 is 32.7. The minimum absolute atomic E-state index is 0.275. The van der Waals surface area contributed by atoms with Crippen molar-refractivity contribution in [3.8, 4) is 0 Å². The van der Waals surface area contributed by atoms with Crippen molar-refractivity contribution < 1.29 is 27.6 Å². The summed E-state index contributed by atoms with van der Waals surface area (Å²) in [5.41, 5.74) is 0. The number of carbonyl (C=O) groups is 1. The van der Waals surface area contributed by atoms with E-state index in [2.05, 4.69) is 4.74 Å². The van der Waals surface area contributed by atoms with Gasteiger partial charge in [-0.1, -0.05) is 0 Å². The summed E-state index contributed by atoms with van der Waals surface area (Å²) in [6, 6.07) is 0. The van der Waals surface area contributed by atoms with Crippen molar-refractivity contribution in [2.75, 3.05) is 12.4 Å². The molecule has 0 heterocycles. The second-order valence-corrected chi connectivity index (χ2v) is 3.37. The number of carboxylic acids is 1. The molecule has 0 spiro atoms. The molecular weight excluding hydrogens is 188 g/mol. The van der Waals surface area contributed by atoms with Gasteiger partial charge in [0, 0.05) is 0 Å². The van der Waals surface area contributed by atoms with Crippen molar-refractivity contribution in [2.24, 2.45) is 0 Å². The Kier molecular flexibility index (Phi) is 4.30. The van der Waals surface area contributed by atoms with Crippen LogP contribution in [0.25, 0.3) is 0 Å². The minimum atomic E-state index is -4.03. The molecule has 70 valence electrons. The van der Waals surface area contributed by atoms with Gasteiger partial charge in [-0.2, -0.15) is 8.42 Å². The molecule has 0 saturated heterocycles. The molecule has 6 nitrogen and oxygen atoms in total. The molecule has 0 aliphatic rings. The van der Waals surface area contributed by atoms with E-state index in [1.54, 1.807) is 0 Å². The van der Waals surface area contributed by atoms with Gasteiger partial charge in [0.15, 0.2) is 0 Å². The molecule has 0 aromatic rings.